The summed E-state index contributed by atoms with van der Waals surface area (Å²) in [5.74, 6) is 0.360. The first kappa shape index (κ1) is 19.2. The van der Waals surface area contributed by atoms with Gasteiger partial charge in [-0.25, -0.2) is 0 Å². The van der Waals surface area contributed by atoms with Gasteiger partial charge < -0.3 is 10.1 Å². The summed E-state index contributed by atoms with van der Waals surface area (Å²) in [6.07, 6.45) is 0.982. The molecule has 0 aromatic heterocycles. The lowest BCUT2D eigenvalue weighted by Gasteiger charge is -2.14. The number of thiocarbonyl (C=S) groups is 1. The van der Waals surface area contributed by atoms with Crippen LogP contribution in [0, 0.1) is 6.92 Å². The fourth-order valence-electron chi connectivity index (χ4n) is 2.10. The van der Waals surface area contributed by atoms with Crippen molar-refractivity contribution >= 4 is 40.5 Å². The second kappa shape index (κ2) is 8.83. The largest absolute Gasteiger partial charge is 0.491 e. The number of anilines is 1. The zero-order valence-corrected chi connectivity index (χ0v) is 16.0. The smallest absolute Gasteiger partial charge is 0.257 e. The monoisotopic (exact) mass is 376 g/mol. The number of benzene rings is 2. The van der Waals surface area contributed by atoms with Crippen LogP contribution in [0.5, 0.6) is 5.75 Å². The van der Waals surface area contributed by atoms with Gasteiger partial charge >= 0.3 is 0 Å². The molecule has 0 aliphatic rings. The number of halogens is 1. The highest BCUT2D eigenvalue weighted by Crippen LogP contribution is 2.23. The van der Waals surface area contributed by atoms with Crippen molar-refractivity contribution in [1.29, 1.82) is 0 Å². The molecule has 0 aliphatic heterocycles. The van der Waals surface area contributed by atoms with Gasteiger partial charge in [0.15, 0.2) is 5.11 Å². The number of hydrogen-bond donors (Lipinski definition) is 2. The maximum absolute atomic E-state index is 12.4. The van der Waals surface area contributed by atoms with Crippen molar-refractivity contribution in [2.75, 3.05) is 5.32 Å². The summed E-state index contributed by atoms with van der Waals surface area (Å²) < 4.78 is 5.74. The number of hydrogen-bond acceptors (Lipinski definition) is 3. The van der Waals surface area contributed by atoms with Crippen molar-refractivity contribution < 1.29 is 9.53 Å². The van der Waals surface area contributed by atoms with Crippen molar-refractivity contribution in [3.63, 3.8) is 0 Å². The molecule has 0 heterocycles. The van der Waals surface area contributed by atoms with E-state index < -0.39 is 0 Å². The lowest BCUT2D eigenvalue weighted by atomic mass is 10.2. The Labute approximate surface area is 158 Å². The van der Waals surface area contributed by atoms with E-state index in [1.807, 2.05) is 39.0 Å². The summed E-state index contributed by atoms with van der Waals surface area (Å²) in [5.41, 5.74) is 2.10. The molecule has 1 atom stereocenters. The first-order valence-electron chi connectivity index (χ1n) is 8.05. The third kappa shape index (κ3) is 5.44. The molecule has 4 nitrogen and oxygen atoms in total. The molecule has 0 saturated carbocycles. The van der Waals surface area contributed by atoms with Gasteiger partial charge in [0.25, 0.3) is 5.91 Å². The van der Waals surface area contributed by atoms with Crippen LogP contribution in [0.1, 0.15) is 36.2 Å². The molecule has 2 rings (SSSR count). The molecule has 2 aromatic rings. The van der Waals surface area contributed by atoms with Gasteiger partial charge in [0.2, 0.25) is 0 Å². The molecule has 25 heavy (non-hydrogen) atoms. The molecule has 2 N–H and O–H groups in total. The molecule has 2 aromatic carbocycles. The van der Waals surface area contributed by atoms with Crippen LogP contribution in [0.15, 0.2) is 42.5 Å². The third-order valence-electron chi connectivity index (χ3n) is 3.75. The predicted molar refractivity (Wildman–Crippen MR) is 107 cm³/mol. The van der Waals surface area contributed by atoms with Crippen molar-refractivity contribution in [1.82, 2.24) is 5.32 Å². The van der Waals surface area contributed by atoms with E-state index in [1.165, 1.54) is 0 Å². The zero-order valence-electron chi connectivity index (χ0n) is 14.4. The van der Waals surface area contributed by atoms with E-state index in [9.17, 15) is 4.79 Å². The second-order valence-corrected chi connectivity index (χ2v) is 6.50. The first-order valence-corrected chi connectivity index (χ1v) is 8.83. The minimum atomic E-state index is -0.299. The molecule has 1 unspecified atom stereocenters. The number of carbonyl (C=O) groups excluding carboxylic acids is 1. The molecule has 132 valence electrons. The van der Waals surface area contributed by atoms with E-state index in [0.717, 1.165) is 17.7 Å². The normalized spacial score (nSPS) is 11.5. The molecule has 0 aliphatic carbocycles. The van der Waals surface area contributed by atoms with E-state index in [-0.39, 0.29) is 17.1 Å². The van der Waals surface area contributed by atoms with Crippen LogP contribution >= 0.6 is 23.8 Å². The van der Waals surface area contributed by atoms with Gasteiger partial charge in [0.1, 0.15) is 5.75 Å². The van der Waals surface area contributed by atoms with Crippen LogP contribution in [0.3, 0.4) is 0 Å². The summed E-state index contributed by atoms with van der Waals surface area (Å²) in [6, 6.07) is 12.5. The molecule has 0 radical (unpaired) electrons. The topological polar surface area (TPSA) is 50.4 Å². The van der Waals surface area contributed by atoms with Crippen LogP contribution < -0.4 is 15.4 Å². The SMILES string of the molecule is CCC(C)Oc1cccc(C(=O)NC(=S)Nc2cccc(Cl)c2C)c1. The lowest BCUT2D eigenvalue weighted by Crippen LogP contribution is -2.34. The number of nitrogens with one attached hydrogen (secondary N) is 2. The van der Waals surface area contributed by atoms with E-state index in [0.29, 0.717) is 16.3 Å². The number of carbonyl (C=O) groups is 1. The maximum atomic E-state index is 12.4. The van der Waals surface area contributed by atoms with Gasteiger partial charge in [-0.15, -0.1) is 0 Å². The van der Waals surface area contributed by atoms with Crippen LogP contribution in [0.4, 0.5) is 5.69 Å². The quantitative estimate of drug-likeness (QED) is 0.724. The van der Waals surface area contributed by atoms with Gasteiger partial charge in [0.05, 0.1) is 6.10 Å². The highest BCUT2D eigenvalue weighted by atomic mass is 35.5. The highest BCUT2D eigenvalue weighted by Gasteiger charge is 2.11. The summed E-state index contributed by atoms with van der Waals surface area (Å²) >= 11 is 11.3. The molecule has 0 saturated heterocycles. The van der Waals surface area contributed by atoms with Crippen LogP contribution in [0.25, 0.3) is 0 Å². The second-order valence-electron chi connectivity index (χ2n) is 5.69. The highest BCUT2D eigenvalue weighted by molar-refractivity contribution is 7.80. The average Bonchev–Trinajstić information content (AvgIpc) is 2.59. The fourth-order valence-corrected chi connectivity index (χ4v) is 2.48. The summed E-state index contributed by atoms with van der Waals surface area (Å²) in [4.78, 5) is 12.4. The van der Waals surface area contributed by atoms with Crippen LogP contribution in [-0.4, -0.2) is 17.1 Å². The Bertz CT molecular complexity index is 780. The fraction of sp³-hybridized carbons (Fsp3) is 0.263. The number of ether oxygens (including phenoxy) is 1. The van der Waals surface area contributed by atoms with Gasteiger partial charge in [-0.1, -0.05) is 30.7 Å². The van der Waals surface area contributed by atoms with Crippen molar-refractivity contribution in [2.45, 2.75) is 33.3 Å². The summed E-state index contributed by atoms with van der Waals surface area (Å²) in [7, 11) is 0. The Hall–Kier alpha value is -2.11. The molecule has 1 amide bonds. The molecule has 0 bridgehead atoms. The van der Waals surface area contributed by atoms with Gasteiger partial charge in [-0.2, -0.15) is 0 Å². The van der Waals surface area contributed by atoms with Crippen molar-refractivity contribution in [3.8, 4) is 5.75 Å². The maximum Gasteiger partial charge on any atom is 0.257 e. The van der Waals surface area contributed by atoms with E-state index in [2.05, 4.69) is 10.6 Å². The van der Waals surface area contributed by atoms with Gasteiger partial charge in [-0.05, 0) is 68.4 Å². The van der Waals surface area contributed by atoms with Gasteiger partial charge in [0, 0.05) is 16.3 Å². The van der Waals surface area contributed by atoms with E-state index in [1.54, 1.807) is 24.3 Å². The van der Waals surface area contributed by atoms with Crippen molar-refractivity contribution in [3.05, 3.63) is 58.6 Å². The molecule has 0 fully saturated rings. The first-order chi connectivity index (χ1) is 11.9. The summed E-state index contributed by atoms with van der Waals surface area (Å²) in [5, 5.41) is 6.51. The average molecular weight is 377 g/mol. The predicted octanol–water partition coefficient (Wildman–Crippen LogP) is 4.95. The van der Waals surface area contributed by atoms with Gasteiger partial charge in [-0.3, -0.25) is 10.1 Å². The molecular formula is C19H21ClN2O2S. The Morgan fingerprint density at radius 1 is 1.28 bits per heavy atom. The Balaban J connectivity index is 2.02. The van der Waals surface area contributed by atoms with E-state index in [4.69, 9.17) is 28.6 Å². The Morgan fingerprint density at radius 3 is 2.72 bits per heavy atom. The molecule has 6 heteroatoms. The molecule has 0 spiro atoms. The third-order valence-corrected chi connectivity index (χ3v) is 4.36. The summed E-state index contributed by atoms with van der Waals surface area (Å²) in [6.45, 7) is 5.91. The minimum absolute atomic E-state index is 0.0897. The number of amides is 1. The molecular weight excluding hydrogens is 356 g/mol. The van der Waals surface area contributed by atoms with E-state index >= 15 is 0 Å². The number of rotatable bonds is 5. The Kier molecular flexibility index (Phi) is 6.79. The zero-order chi connectivity index (χ0) is 18.4. The van der Waals surface area contributed by atoms with Crippen molar-refractivity contribution in [2.24, 2.45) is 0 Å². The lowest BCUT2D eigenvalue weighted by molar-refractivity contribution is 0.0977. The minimum Gasteiger partial charge on any atom is -0.491 e. The van der Waals surface area contributed by atoms with Crippen LogP contribution in [0.2, 0.25) is 5.02 Å². The van der Waals surface area contributed by atoms with Crippen LogP contribution in [-0.2, 0) is 0 Å². The Morgan fingerprint density at radius 2 is 2.00 bits per heavy atom. The standard InChI is InChI=1S/C19H21ClN2O2S/c1-4-12(2)24-15-8-5-7-14(11-15)18(23)22-19(25)21-17-10-6-9-16(20)13(17)3/h5-12H,4H2,1-3H3,(H2,21,22,23,25).